The molecule has 278 valence electrons. The van der Waals surface area contributed by atoms with Crippen LogP contribution in [0.3, 0.4) is 0 Å². The molecule has 2 atom stereocenters. The summed E-state index contributed by atoms with van der Waals surface area (Å²) < 4.78 is 16.4. The van der Waals surface area contributed by atoms with E-state index in [1.54, 1.807) is 78.0 Å². The lowest BCUT2D eigenvalue weighted by molar-refractivity contribution is -0.156. The summed E-state index contributed by atoms with van der Waals surface area (Å²) in [6.07, 6.45) is 3.48. The zero-order chi connectivity index (χ0) is 38.1. The molecule has 3 N–H and O–H groups in total. The van der Waals surface area contributed by atoms with Gasteiger partial charge in [0.1, 0.15) is 23.4 Å². The molecule has 1 aromatic rings. The summed E-state index contributed by atoms with van der Waals surface area (Å²) >= 11 is 1.16. The molecule has 1 rings (SSSR count). The molecule has 50 heavy (non-hydrogen) atoms. The predicted octanol–water partition coefficient (Wildman–Crippen LogP) is 5.90. The Morgan fingerprint density at radius 3 is 2.30 bits per heavy atom. The zero-order valence-corrected chi connectivity index (χ0v) is 32.9. The summed E-state index contributed by atoms with van der Waals surface area (Å²) in [5.74, 6) is -2.44. The minimum absolute atomic E-state index is 0.0133. The number of allylic oxidation sites excluding steroid dienone is 2. The second-order valence-electron chi connectivity index (χ2n) is 14.2. The van der Waals surface area contributed by atoms with E-state index in [0.29, 0.717) is 17.7 Å². The van der Waals surface area contributed by atoms with Crippen LogP contribution in [0, 0.1) is 5.92 Å². The Kier molecular flexibility index (Phi) is 18.8. The van der Waals surface area contributed by atoms with Gasteiger partial charge < -0.3 is 30.2 Å². The lowest BCUT2D eigenvalue weighted by Crippen LogP contribution is -2.48. The van der Waals surface area contributed by atoms with E-state index in [0.717, 1.165) is 17.8 Å². The smallest absolute Gasteiger partial charge is 0.407 e. The third-order valence-electron chi connectivity index (χ3n) is 6.70. The molecule has 0 aliphatic carbocycles. The van der Waals surface area contributed by atoms with Crippen LogP contribution in [0.2, 0.25) is 25.7 Å². The summed E-state index contributed by atoms with van der Waals surface area (Å²) in [5.41, 5.74) is 0.139. The fourth-order valence-electron chi connectivity index (χ4n) is 4.07. The van der Waals surface area contributed by atoms with Crippen molar-refractivity contribution in [1.29, 1.82) is 0 Å². The lowest BCUT2D eigenvalue weighted by Gasteiger charge is -2.24. The van der Waals surface area contributed by atoms with E-state index < -0.39 is 61.6 Å². The van der Waals surface area contributed by atoms with Crippen LogP contribution in [-0.2, 0) is 39.9 Å². The van der Waals surface area contributed by atoms with Crippen molar-refractivity contribution < 1.29 is 43.0 Å². The van der Waals surface area contributed by atoms with Gasteiger partial charge in [0.2, 0.25) is 0 Å². The number of carbonyl (C=O) groups excluding carboxylic acids is 6. The number of carbonyl (C=O) groups is 6. The molecule has 0 aliphatic rings. The fraction of sp³-hybridized carbons (Fsp3) is 0.556. The first kappa shape index (κ1) is 44.1. The van der Waals surface area contributed by atoms with Crippen LogP contribution in [0.25, 0.3) is 0 Å². The Morgan fingerprint density at radius 1 is 1.04 bits per heavy atom. The van der Waals surface area contributed by atoms with E-state index in [1.165, 1.54) is 13.0 Å². The molecule has 0 aliphatic heterocycles. The second kappa shape index (κ2) is 21.3. The zero-order valence-electron chi connectivity index (χ0n) is 31.1. The number of nitrogens with one attached hydrogen (secondary N) is 3. The number of hydrogen-bond donors (Lipinski definition) is 3. The molecule has 0 bridgehead atoms. The molecule has 0 radical (unpaired) electrons. The van der Waals surface area contributed by atoms with Crippen LogP contribution in [0.15, 0.2) is 48.2 Å². The molecule has 0 heterocycles. The Morgan fingerprint density at radius 2 is 1.72 bits per heavy atom. The maximum atomic E-state index is 13.4. The number of thioether (sulfide) groups is 1. The number of rotatable bonds is 18. The highest BCUT2D eigenvalue weighted by Crippen LogP contribution is 2.14. The number of amides is 3. The van der Waals surface area contributed by atoms with Gasteiger partial charge in [-0.25, -0.2) is 9.59 Å². The van der Waals surface area contributed by atoms with Crippen molar-refractivity contribution in [1.82, 2.24) is 16.0 Å². The van der Waals surface area contributed by atoms with Crippen molar-refractivity contribution in [3.8, 4) is 0 Å². The number of benzene rings is 1. The van der Waals surface area contributed by atoms with Crippen LogP contribution in [0.5, 0.6) is 0 Å². The van der Waals surface area contributed by atoms with Crippen molar-refractivity contribution in [2.24, 2.45) is 5.92 Å². The third kappa shape index (κ3) is 19.3. The SMILES string of the molecule is C/C=C(\NC(=O)c1cccc(CNC(=O)OC(C)(C)C)c1)C(=O)N[C@H](C(=O)O[C@H](/C=C/CCSC(C)=O)CC(=O)OCC[Si](C)(C)C)C(C)C. The molecule has 0 aromatic heterocycles. The highest BCUT2D eigenvalue weighted by atomic mass is 32.2. The maximum Gasteiger partial charge on any atom is 0.407 e. The Hall–Kier alpha value is -3.91. The summed E-state index contributed by atoms with van der Waals surface area (Å²) in [6.45, 7) is 18.7. The van der Waals surface area contributed by atoms with Gasteiger partial charge in [-0.1, -0.05) is 69.5 Å². The van der Waals surface area contributed by atoms with Crippen molar-refractivity contribution in [3.05, 3.63) is 59.3 Å². The first-order valence-corrected chi connectivity index (χ1v) is 21.4. The standard InChI is InChI=1S/C36H55N3O9SSi/c1-11-29(38-32(42)27-16-14-15-26(21-27)23-37-35(45)48-36(5,6)7)33(43)39-31(24(2)3)34(44)47-28(17-12-13-19-49-25(4)40)22-30(41)46-18-20-50(8,9)10/h11-12,14-17,21,24,28,31H,13,18-20,22-23H2,1-10H3,(H,37,45)(H,38,42)(H,39,43)/b17-12+,29-11-/t28-,31+/m1/s1. The van der Waals surface area contributed by atoms with E-state index in [2.05, 4.69) is 35.6 Å². The van der Waals surface area contributed by atoms with Crippen LogP contribution in [-0.4, -0.2) is 73.1 Å². The van der Waals surface area contributed by atoms with Crippen LogP contribution in [0.1, 0.15) is 77.2 Å². The van der Waals surface area contributed by atoms with Gasteiger partial charge in [-0.2, -0.15) is 0 Å². The molecule has 0 unspecified atom stereocenters. The Labute approximate surface area is 301 Å². The minimum atomic E-state index is -1.43. The minimum Gasteiger partial charge on any atom is -0.466 e. The highest BCUT2D eigenvalue weighted by molar-refractivity contribution is 8.13. The summed E-state index contributed by atoms with van der Waals surface area (Å²) in [5, 5.41) is 7.86. The number of alkyl carbamates (subject to hydrolysis) is 1. The van der Waals surface area contributed by atoms with Crippen LogP contribution < -0.4 is 16.0 Å². The molecule has 0 spiro atoms. The summed E-state index contributed by atoms with van der Waals surface area (Å²) in [4.78, 5) is 75.7. The average Bonchev–Trinajstić information content (AvgIpc) is 2.99. The molecule has 0 fully saturated rings. The number of esters is 2. The van der Waals surface area contributed by atoms with Crippen LogP contribution in [0.4, 0.5) is 4.79 Å². The monoisotopic (exact) mass is 733 g/mol. The van der Waals surface area contributed by atoms with Gasteiger partial charge in [-0.15, -0.1) is 0 Å². The van der Waals surface area contributed by atoms with E-state index in [-0.39, 0.29) is 35.9 Å². The third-order valence-corrected chi connectivity index (χ3v) is 9.26. The highest BCUT2D eigenvalue weighted by Gasteiger charge is 2.30. The van der Waals surface area contributed by atoms with Crippen molar-refractivity contribution in [3.63, 3.8) is 0 Å². The van der Waals surface area contributed by atoms with Gasteiger partial charge in [0.25, 0.3) is 11.8 Å². The van der Waals surface area contributed by atoms with Gasteiger partial charge >= 0.3 is 18.0 Å². The normalized spacial score (nSPS) is 13.3. The Balaban J connectivity index is 2.97. The van der Waals surface area contributed by atoms with E-state index in [4.69, 9.17) is 14.2 Å². The van der Waals surface area contributed by atoms with Gasteiger partial charge in [0.15, 0.2) is 5.12 Å². The molecule has 12 nitrogen and oxygen atoms in total. The second-order valence-corrected chi connectivity index (χ2v) is 21.1. The van der Waals surface area contributed by atoms with Crippen molar-refractivity contribution in [2.75, 3.05) is 12.4 Å². The van der Waals surface area contributed by atoms with Crippen molar-refractivity contribution in [2.45, 2.75) is 111 Å². The summed E-state index contributed by atoms with van der Waals surface area (Å²) in [6, 6.07) is 6.21. The Bertz CT molecular complexity index is 1400. The predicted molar refractivity (Wildman–Crippen MR) is 198 cm³/mol. The largest absolute Gasteiger partial charge is 0.466 e. The van der Waals surface area contributed by atoms with Crippen molar-refractivity contribution >= 4 is 54.8 Å². The molecular weight excluding hydrogens is 679 g/mol. The average molecular weight is 734 g/mol. The van der Waals surface area contributed by atoms with E-state index in [1.807, 2.05) is 0 Å². The molecule has 3 amide bonds. The van der Waals surface area contributed by atoms with Gasteiger partial charge in [0, 0.05) is 32.9 Å². The van der Waals surface area contributed by atoms with Crippen LogP contribution >= 0.6 is 11.8 Å². The fourth-order valence-corrected chi connectivity index (χ4v) is 5.32. The molecule has 0 saturated carbocycles. The molecule has 14 heteroatoms. The topological polar surface area (TPSA) is 166 Å². The first-order chi connectivity index (χ1) is 23.2. The summed E-state index contributed by atoms with van der Waals surface area (Å²) in [7, 11) is -1.43. The molecular formula is C36H55N3O9SSi. The number of hydrogen-bond acceptors (Lipinski definition) is 10. The van der Waals surface area contributed by atoms with E-state index in [9.17, 15) is 28.8 Å². The molecule has 0 saturated heterocycles. The quantitative estimate of drug-likeness (QED) is 0.0413. The lowest BCUT2D eigenvalue weighted by atomic mass is 10.0. The first-order valence-electron chi connectivity index (χ1n) is 16.7. The van der Waals surface area contributed by atoms with Gasteiger partial charge in [-0.3, -0.25) is 19.2 Å². The maximum absolute atomic E-state index is 13.4. The van der Waals surface area contributed by atoms with E-state index >= 15 is 0 Å². The molecule has 1 aromatic carbocycles. The van der Waals surface area contributed by atoms with Gasteiger partial charge in [0.05, 0.1) is 13.0 Å². The number of ether oxygens (including phenoxy) is 3. The van der Waals surface area contributed by atoms with Gasteiger partial charge in [-0.05, 0) is 69.8 Å².